The molecule has 0 saturated carbocycles. The predicted octanol–water partition coefficient (Wildman–Crippen LogP) is 6.47. The molecular formula is C31H24FN3O5S. The van der Waals surface area contributed by atoms with Crippen molar-refractivity contribution in [2.45, 2.75) is 0 Å². The molecule has 0 fully saturated rings. The molecule has 2 aromatic heterocycles. The SMILES string of the molecule is CNC(=O)c1c(-c2ccc(F)cc2)oc2cc(N(C)S(C)(=O)=O)c(-c3ccc4onc(-c5ccccc5)c4c3)cc12. The van der Waals surface area contributed by atoms with Gasteiger partial charge in [-0.2, -0.15) is 0 Å². The summed E-state index contributed by atoms with van der Waals surface area (Å²) in [6, 6.07) is 24.0. The minimum Gasteiger partial charge on any atom is -0.455 e. The molecule has 1 amide bonds. The van der Waals surface area contributed by atoms with Gasteiger partial charge in [0.2, 0.25) is 10.0 Å². The number of hydrogen-bond acceptors (Lipinski definition) is 6. The van der Waals surface area contributed by atoms with Crippen LogP contribution in [-0.2, 0) is 10.0 Å². The van der Waals surface area contributed by atoms with E-state index in [2.05, 4.69) is 10.5 Å². The zero-order valence-corrected chi connectivity index (χ0v) is 23.1. The number of halogens is 1. The number of aromatic nitrogens is 1. The summed E-state index contributed by atoms with van der Waals surface area (Å²) in [6.45, 7) is 0. The van der Waals surface area contributed by atoms with Gasteiger partial charge in [-0.15, -0.1) is 0 Å². The van der Waals surface area contributed by atoms with Crippen molar-refractivity contribution in [1.29, 1.82) is 0 Å². The number of anilines is 1. The van der Waals surface area contributed by atoms with Crippen LogP contribution in [0.15, 0.2) is 93.9 Å². The molecule has 0 spiro atoms. The molecule has 4 aromatic carbocycles. The summed E-state index contributed by atoms with van der Waals surface area (Å²) in [4.78, 5) is 13.1. The standard InChI is InChI=1S/C31H24FN3O5S/c1-33-31(36)28-23-16-22(20-11-14-26-24(15-20)29(34-40-26)18-7-5-4-6-8-18)25(35(2)41(3,37)38)17-27(23)39-30(28)19-9-12-21(32)13-10-19/h4-17H,1-3H3,(H,33,36). The largest absolute Gasteiger partial charge is 0.455 e. The second kappa shape index (κ2) is 9.90. The number of sulfonamides is 1. The van der Waals surface area contributed by atoms with E-state index in [1.165, 1.54) is 38.4 Å². The normalized spacial score (nSPS) is 11.7. The number of nitrogens with zero attached hydrogens (tertiary/aromatic N) is 2. The fourth-order valence-corrected chi connectivity index (χ4v) is 5.38. The molecule has 10 heteroatoms. The topological polar surface area (TPSA) is 106 Å². The predicted molar refractivity (Wildman–Crippen MR) is 157 cm³/mol. The number of nitrogens with one attached hydrogen (secondary N) is 1. The lowest BCUT2D eigenvalue weighted by Gasteiger charge is -2.20. The summed E-state index contributed by atoms with van der Waals surface area (Å²) < 4.78 is 52.0. The molecule has 0 aliphatic carbocycles. The summed E-state index contributed by atoms with van der Waals surface area (Å²) in [5.74, 6) is -0.589. The van der Waals surface area contributed by atoms with Crippen LogP contribution in [0.2, 0.25) is 0 Å². The molecule has 41 heavy (non-hydrogen) atoms. The molecule has 6 rings (SSSR count). The molecule has 2 heterocycles. The number of benzene rings is 4. The average Bonchev–Trinajstić information content (AvgIpc) is 3.57. The number of hydrogen-bond donors (Lipinski definition) is 1. The first-order chi connectivity index (χ1) is 19.7. The van der Waals surface area contributed by atoms with Crippen LogP contribution in [0.4, 0.5) is 10.1 Å². The van der Waals surface area contributed by atoms with Crippen molar-refractivity contribution in [3.05, 3.63) is 96.3 Å². The van der Waals surface area contributed by atoms with Gasteiger partial charge in [-0.1, -0.05) is 41.6 Å². The van der Waals surface area contributed by atoms with Crippen molar-refractivity contribution in [2.24, 2.45) is 0 Å². The second-order valence-corrected chi connectivity index (χ2v) is 11.6. The second-order valence-electron chi connectivity index (χ2n) is 9.60. The molecule has 0 aliphatic heterocycles. The van der Waals surface area contributed by atoms with E-state index in [0.717, 1.165) is 21.5 Å². The number of amides is 1. The zero-order chi connectivity index (χ0) is 28.9. The van der Waals surface area contributed by atoms with E-state index in [0.29, 0.717) is 44.6 Å². The highest BCUT2D eigenvalue weighted by Gasteiger charge is 2.26. The quantitative estimate of drug-likeness (QED) is 0.247. The summed E-state index contributed by atoms with van der Waals surface area (Å²) >= 11 is 0. The minimum atomic E-state index is -3.68. The summed E-state index contributed by atoms with van der Waals surface area (Å²) in [5.41, 5.74) is 4.70. The van der Waals surface area contributed by atoms with E-state index in [4.69, 9.17) is 8.94 Å². The molecular weight excluding hydrogens is 545 g/mol. The van der Waals surface area contributed by atoms with Crippen molar-refractivity contribution in [3.63, 3.8) is 0 Å². The number of carbonyl (C=O) groups is 1. The zero-order valence-electron chi connectivity index (χ0n) is 22.3. The third-order valence-corrected chi connectivity index (χ3v) is 8.22. The van der Waals surface area contributed by atoms with E-state index >= 15 is 0 Å². The van der Waals surface area contributed by atoms with Crippen molar-refractivity contribution >= 4 is 43.6 Å². The van der Waals surface area contributed by atoms with Gasteiger partial charge in [0.05, 0.1) is 22.9 Å². The summed E-state index contributed by atoms with van der Waals surface area (Å²) in [5, 5.41) is 8.12. The third-order valence-electron chi connectivity index (χ3n) is 7.03. The van der Waals surface area contributed by atoms with Gasteiger partial charge in [0.1, 0.15) is 22.9 Å². The Morgan fingerprint density at radius 3 is 2.27 bits per heavy atom. The highest BCUT2D eigenvalue weighted by molar-refractivity contribution is 7.92. The van der Waals surface area contributed by atoms with Gasteiger partial charge < -0.3 is 14.3 Å². The molecule has 0 bridgehead atoms. The van der Waals surface area contributed by atoms with Gasteiger partial charge >= 0.3 is 0 Å². The Kier molecular flexibility index (Phi) is 6.34. The first-order valence-electron chi connectivity index (χ1n) is 12.6. The van der Waals surface area contributed by atoms with Crippen LogP contribution in [-0.4, -0.2) is 39.8 Å². The van der Waals surface area contributed by atoms with Crippen LogP contribution in [0.25, 0.3) is 55.6 Å². The maximum atomic E-state index is 13.7. The fourth-order valence-electron chi connectivity index (χ4n) is 4.87. The number of fused-ring (bicyclic) bond motifs is 2. The molecule has 8 nitrogen and oxygen atoms in total. The average molecular weight is 570 g/mol. The number of carbonyl (C=O) groups excluding carboxylic acids is 1. The monoisotopic (exact) mass is 569 g/mol. The van der Waals surface area contributed by atoms with Gasteiger partial charge in [-0.3, -0.25) is 9.10 Å². The van der Waals surface area contributed by atoms with Gasteiger partial charge in [0, 0.05) is 42.2 Å². The molecule has 0 saturated heterocycles. The van der Waals surface area contributed by atoms with Gasteiger partial charge in [0.15, 0.2) is 5.58 Å². The maximum Gasteiger partial charge on any atom is 0.255 e. The number of furan rings is 1. The lowest BCUT2D eigenvalue weighted by molar-refractivity contribution is 0.0964. The third kappa shape index (κ3) is 4.62. The molecule has 1 N–H and O–H groups in total. The van der Waals surface area contributed by atoms with E-state index in [-0.39, 0.29) is 11.3 Å². The fraction of sp³-hybridized carbons (Fsp3) is 0.0968. The van der Waals surface area contributed by atoms with E-state index in [1.807, 2.05) is 42.5 Å². The molecule has 0 radical (unpaired) electrons. The van der Waals surface area contributed by atoms with Gasteiger partial charge in [0.25, 0.3) is 5.91 Å². The van der Waals surface area contributed by atoms with Crippen LogP contribution < -0.4 is 9.62 Å². The molecule has 206 valence electrons. The van der Waals surface area contributed by atoms with Crippen LogP contribution in [0.3, 0.4) is 0 Å². The van der Waals surface area contributed by atoms with Crippen LogP contribution in [0.5, 0.6) is 0 Å². The highest BCUT2D eigenvalue weighted by atomic mass is 32.2. The smallest absolute Gasteiger partial charge is 0.255 e. The van der Waals surface area contributed by atoms with E-state index in [1.54, 1.807) is 18.2 Å². The van der Waals surface area contributed by atoms with Crippen LogP contribution in [0, 0.1) is 5.82 Å². The Morgan fingerprint density at radius 1 is 0.878 bits per heavy atom. The van der Waals surface area contributed by atoms with Crippen molar-refractivity contribution in [3.8, 4) is 33.7 Å². The van der Waals surface area contributed by atoms with E-state index in [9.17, 15) is 17.6 Å². The molecule has 0 atom stereocenters. The van der Waals surface area contributed by atoms with Crippen molar-refractivity contribution in [1.82, 2.24) is 10.5 Å². The lowest BCUT2D eigenvalue weighted by atomic mass is 9.97. The number of rotatable bonds is 6. The van der Waals surface area contributed by atoms with Crippen molar-refractivity contribution in [2.75, 3.05) is 24.7 Å². The Bertz CT molecular complexity index is 2050. The van der Waals surface area contributed by atoms with Gasteiger partial charge in [-0.05, 0) is 48.0 Å². The molecule has 0 unspecified atom stereocenters. The van der Waals surface area contributed by atoms with Crippen molar-refractivity contribution < 1.29 is 26.5 Å². The Balaban J connectivity index is 1.64. The lowest BCUT2D eigenvalue weighted by Crippen LogP contribution is -2.25. The summed E-state index contributed by atoms with van der Waals surface area (Å²) in [6.07, 6.45) is 1.11. The Labute approximate surface area is 235 Å². The first-order valence-corrected chi connectivity index (χ1v) is 14.5. The van der Waals surface area contributed by atoms with E-state index < -0.39 is 21.7 Å². The van der Waals surface area contributed by atoms with Crippen LogP contribution in [0.1, 0.15) is 10.4 Å². The first kappa shape index (κ1) is 26.3. The Hall–Kier alpha value is -4.96. The van der Waals surface area contributed by atoms with Gasteiger partial charge in [-0.25, -0.2) is 12.8 Å². The summed E-state index contributed by atoms with van der Waals surface area (Å²) in [7, 11) is -0.717. The Morgan fingerprint density at radius 2 is 1.59 bits per heavy atom. The van der Waals surface area contributed by atoms with Crippen LogP contribution >= 0.6 is 0 Å². The highest BCUT2D eigenvalue weighted by Crippen LogP contribution is 2.42. The maximum absolute atomic E-state index is 13.7. The molecule has 6 aromatic rings. The molecule has 0 aliphatic rings. The minimum absolute atomic E-state index is 0.241.